The van der Waals surface area contributed by atoms with Crippen LogP contribution in [-0.2, 0) is 14.3 Å². The Morgan fingerprint density at radius 1 is 1.50 bits per heavy atom. The molecule has 0 bridgehead atoms. The highest BCUT2D eigenvalue weighted by molar-refractivity contribution is 5.83. The predicted octanol–water partition coefficient (Wildman–Crippen LogP) is 2.24. The summed E-state index contributed by atoms with van der Waals surface area (Å²) < 4.78 is 10.2. The zero-order valence-electron chi connectivity index (χ0n) is 11.0. The molecular formula is C13H19NO4. The average Bonchev–Trinajstić information content (AvgIpc) is 2.72. The maximum absolute atomic E-state index is 11.9. The lowest BCUT2D eigenvalue weighted by atomic mass is 10.2. The SMILES string of the molecule is C=CCOC(=O)[C@@H]1CC=CN1C(=O)OC(C)(C)C. The van der Waals surface area contributed by atoms with Gasteiger partial charge in [-0.2, -0.15) is 0 Å². The Labute approximate surface area is 107 Å². The lowest BCUT2D eigenvalue weighted by Gasteiger charge is -2.26. The number of nitrogens with zero attached hydrogens (tertiary/aromatic N) is 1. The maximum Gasteiger partial charge on any atom is 0.415 e. The van der Waals surface area contributed by atoms with E-state index in [9.17, 15) is 9.59 Å². The molecule has 0 radical (unpaired) electrons. The first-order chi connectivity index (χ1) is 8.35. The number of hydrogen-bond donors (Lipinski definition) is 0. The summed E-state index contributed by atoms with van der Waals surface area (Å²) in [6.45, 7) is 8.92. The van der Waals surface area contributed by atoms with E-state index >= 15 is 0 Å². The molecule has 1 amide bonds. The van der Waals surface area contributed by atoms with Crippen molar-refractivity contribution in [3.8, 4) is 0 Å². The number of carbonyl (C=O) groups excluding carboxylic acids is 2. The molecule has 0 unspecified atom stereocenters. The van der Waals surface area contributed by atoms with Crippen molar-refractivity contribution in [2.75, 3.05) is 6.61 Å². The first-order valence-electron chi connectivity index (χ1n) is 5.80. The molecule has 1 atom stereocenters. The second kappa shape index (κ2) is 5.71. The summed E-state index contributed by atoms with van der Waals surface area (Å²) in [6.07, 6.45) is 4.67. The van der Waals surface area contributed by atoms with Crippen LogP contribution in [0.15, 0.2) is 24.9 Å². The van der Waals surface area contributed by atoms with Crippen molar-refractivity contribution in [2.24, 2.45) is 0 Å². The number of amides is 1. The molecule has 100 valence electrons. The van der Waals surface area contributed by atoms with Gasteiger partial charge in [-0.15, -0.1) is 0 Å². The Balaban J connectivity index is 2.63. The minimum Gasteiger partial charge on any atom is -0.460 e. The molecule has 0 aromatic rings. The quantitative estimate of drug-likeness (QED) is 0.571. The molecule has 1 heterocycles. The largest absolute Gasteiger partial charge is 0.460 e. The van der Waals surface area contributed by atoms with Gasteiger partial charge in [0, 0.05) is 6.20 Å². The van der Waals surface area contributed by atoms with Crippen LogP contribution in [0.1, 0.15) is 27.2 Å². The van der Waals surface area contributed by atoms with Gasteiger partial charge in [-0.05, 0) is 27.2 Å². The second-order valence-electron chi connectivity index (χ2n) is 4.94. The molecule has 1 aliphatic heterocycles. The molecule has 1 aliphatic rings. The molecule has 0 saturated carbocycles. The number of ether oxygens (including phenoxy) is 2. The van der Waals surface area contributed by atoms with Crippen LogP contribution in [0.25, 0.3) is 0 Å². The van der Waals surface area contributed by atoms with Crippen LogP contribution < -0.4 is 0 Å². The normalized spacial score (nSPS) is 18.6. The van der Waals surface area contributed by atoms with E-state index in [0.717, 1.165) is 0 Å². The van der Waals surface area contributed by atoms with Crippen molar-refractivity contribution in [3.05, 3.63) is 24.9 Å². The molecule has 0 N–H and O–H groups in total. The number of hydrogen-bond acceptors (Lipinski definition) is 4. The summed E-state index contributed by atoms with van der Waals surface area (Å²) in [5.41, 5.74) is -0.594. The van der Waals surface area contributed by atoms with E-state index in [2.05, 4.69) is 6.58 Å². The van der Waals surface area contributed by atoms with Crippen LogP contribution in [0, 0.1) is 0 Å². The van der Waals surface area contributed by atoms with Gasteiger partial charge in [-0.25, -0.2) is 9.59 Å². The molecule has 5 heteroatoms. The Morgan fingerprint density at radius 3 is 2.72 bits per heavy atom. The Morgan fingerprint density at radius 2 is 2.17 bits per heavy atom. The summed E-state index contributed by atoms with van der Waals surface area (Å²) in [5, 5.41) is 0. The van der Waals surface area contributed by atoms with Crippen molar-refractivity contribution in [1.82, 2.24) is 4.90 Å². The van der Waals surface area contributed by atoms with Crippen molar-refractivity contribution < 1.29 is 19.1 Å². The Bertz CT molecular complexity index is 368. The van der Waals surface area contributed by atoms with Crippen LogP contribution in [0.2, 0.25) is 0 Å². The van der Waals surface area contributed by atoms with E-state index < -0.39 is 23.7 Å². The zero-order valence-corrected chi connectivity index (χ0v) is 11.0. The Hall–Kier alpha value is -1.78. The molecule has 5 nitrogen and oxygen atoms in total. The zero-order chi connectivity index (χ0) is 13.8. The van der Waals surface area contributed by atoms with Crippen molar-refractivity contribution in [2.45, 2.75) is 38.8 Å². The summed E-state index contributed by atoms with van der Waals surface area (Å²) in [4.78, 5) is 24.9. The standard InChI is InChI=1S/C13H19NO4/c1-5-9-17-11(15)10-7-6-8-14(10)12(16)18-13(2,3)4/h5-6,8,10H,1,7,9H2,2-4H3/t10-/m0/s1. The van der Waals surface area contributed by atoms with Gasteiger partial charge in [-0.3, -0.25) is 4.90 Å². The monoisotopic (exact) mass is 253 g/mol. The molecule has 0 aliphatic carbocycles. The minimum atomic E-state index is -0.639. The highest BCUT2D eigenvalue weighted by Gasteiger charge is 2.34. The topological polar surface area (TPSA) is 55.8 Å². The third-order valence-electron chi connectivity index (χ3n) is 2.18. The van der Waals surface area contributed by atoms with Crippen LogP contribution in [0.4, 0.5) is 4.79 Å². The van der Waals surface area contributed by atoms with Crippen LogP contribution in [-0.4, -0.2) is 35.2 Å². The highest BCUT2D eigenvalue weighted by Crippen LogP contribution is 2.19. The number of rotatable bonds is 3. The highest BCUT2D eigenvalue weighted by atomic mass is 16.6. The van der Waals surface area contributed by atoms with Gasteiger partial charge in [0.25, 0.3) is 0 Å². The minimum absolute atomic E-state index is 0.136. The van der Waals surface area contributed by atoms with E-state index in [1.165, 1.54) is 11.0 Å². The summed E-state index contributed by atoms with van der Waals surface area (Å²) in [5.74, 6) is -0.453. The first-order valence-corrected chi connectivity index (χ1v) is 5.80. The van der Waals surface area contributed by atoms with E-state index in [1.807, 2.05) is 0 Å². The van der Waals surface area contributed by atoms with E-state index in [-0.39, 0.29) is 6.61 Å². The van der Waals surface area contributed by atoms with Gasteiger partial charge in [0.05, 0.1) is 0 Å². The van der Waals surface area contributed by atoms with E-state index in [0.29, 0.717) is 6.42 Å². The van der Waals surface area contributed by atoms with Crippen molar-refractivity contribution in [1.29, 1.82) is 0 Å². The van der Waals surface area contributed by atoms with Crippen molar-refractivity contribution >= 4 is 12.1 Å². The molecule has 0 aromatic heterocycles. The summed E-state index contributed by atoms with van der Waals surface area (Å²) >= 11 is 0. The van der Waals surface area contributed by atoms with Gasteiger partial charge in [-0.1, -0.05) is 18.7 Å². The fourth-order valence-electron chi connectivity index (χ4n) is 1.47. The number of carbonyl (C=O) groups is 2. The van der Waals surface area contributed by atoms with Crippen LogP contribution in [0.5, 0.6) is 0 Å². The molecule has 0 spiro atoms. The lowest BCUT2D eigenvalue weighted by Crippen LogP contribution is -2.42. The van der Waals surface area contributed by atoms with Crippen LogP contribution in [0.3, 0.4) is 0 Å². The van der Waals surface area contributed by atoms with Crippen LogP contribution >= 0.6 is 0 Å². The third kappa shape index (κ3) is 3.91. The maximum atomic E-state index is 11.9. The molecule has 0 fully saturated rings. The fraction of sp³-hybridized carbons (Fsp3) is 0.538. The van der Waals surface area contributed by atoms with Gasteiger partial charge in [0.2, 0.25) is 0 Å². The van der Waals surface area contributed by atoms with E-state index in [4.69, 9.17) is 9.47 Å². The molecule has 18 heavy (non-hydrogen) atoms. The van der Waals surface area contributed by atoms with Crippen molar-refractivity contribution in [3.63, 3.8) is 0 Å². The van der Waals surface area contributed by atoms with Gasteiger partial charge in [0.15, 0.2) is 0 Å². The molecule has 1 rings (SSSR count). The second-order valence-corrected chi connectivity index (χ2v) is 4.94. The van der Waals surface area contributed by atoms with Gasteiger partial charge < -0.3 is 9.47 Å². The van der Waals surface area contributed by atoms with E-state index in [1.54, 1.807) is 33.0 Å². The third-order valence-corrected chi connectivity index (χ3v) is 2.18. The molecular weight excluding hydrogens is 234 g/mol. The summed E-state index contributed by atoms with van der Waals surface area (Å²) in [7, 11) is 0. The first kappa shape index (κ1) is 14.3. The van der Waals surface area contributed by atoms with Gasteiger partial charge >= 0.3 is 12.1 Å². The molecule has 0 aromatic carbocycles. The number of esters is 1. The Kier molecular flexibility index (Phi) is 4.53. The lowest BCUT2D eigenvalue weighted by molar-refractivity contribution is -0.147. The average molecular weight is 253 g/mol. The summed E-state index contributed by atoms with van der Waals surface area (Å²) in [6, 6.07) is -0.639. The smallest absolute Gasteiger partial charge is 0.415 e. The van der Waals surface area contributed by atoms with Gasteiger partial charge in [0.1, 0.15) is 18.2 Å². The predicted molar refractivity (Wildman–Crippen MR) is 66.8 cm³/mol. The fourth-order valence-corrected chi connectivity index (χ4v) is 1.47. The molecule has 0 saturated heterocycles.